The summed E-state index contributed by atoms with van der Waals surface area (Å²) in [6.07, 6.45) is 0.576. The van der Waals surface area contributed by atoms with Crippen LogP contribution in [-0.2, 0) is 21.2 Å². The molecule has 0 aliphatic carbocycles. The van der Waals surface area contributed by atoms with Crippen LogP contribution in [0.5, 0.6) is 0 Å². The van der Waals surface area contributed by atoms with Gasteiger partial charge < -0.3 is 4.74 Å². The Hall–Kier alpha value is -2.25. The molecule has 1 aliphatic heterocycles. The van der Waals surface area contributed by atoms with E-state index in [2.05, 4.69) is 4.98 Å². The molecule has 0 atom stereocenters. The van der Waals surface area contributed by atoms with E-state index in [1.807, 2.05) is 20.8 Å². The summed E-state index contributed by atoms with van der Waals surface area (Å²) in [6, 6.07) is 6.71. The van der Waals surface area contributed by atoms with Gasteiger partial charge in [-0.15, -0.1) is 0 Å². The average molecular weight is 360 g/mol. The van der Waals surface area contributed by atoms with E-state index in [-0.39, 0.29) is 16.8 Å². The van der Waals surface area contributed by atoms with Crippen molar-refractivity contribution in [2.75, 3.05) is 6.61 Å². The van der Waals surface area contributed by atoms with Crippen molar-refractivity contribution in [3.8, 4) is 11.3 Å². The van der Waals surface area contributed by atoms with Crippen LogP contribution in [0.1, 0.15) is 46.9 Å². The van der Waals surface area contributed by atoms with Crippen LogP contribution in [0, 0.1) is 6.92 Å². The summed E-state index contributed by atoms with van der Waals surface area (Å²) in [7, 11) is -3.90. The number of sulfonamides is 1. The number of pyridine rings is 1. The Bertz CT molecular complexity index is 965. The summed E-state index contributed by atoms with van der Waals surface area (Å²) in [5.74, 6) is -0.387. The molecule has 3 rings (SSSR count). The van der Waals surface area contributed by atoms with Gasteiger partial charge in [-0.1, -0.05) is 25.5 Å². The van der Waals surface area contributed by atoms with Gasteiger partial charge in [-0.3, -0.25) is 4.98 Å². The highest BCUT2D eigenvalue weighted by Crippen LogP contribution is 2.32. The lowest BCUT2D eigenvalue weighted by Gasteiger charge is -2.22. The molecule has 6 nitrogen and oxygen atoms in total. The number of carbonyl (C=O) groups is 1. The summed E-state index contributed by atoms with van der Waals surface area (Å²) in [6.45, 7) is 6.05. The zero-order valence-corrected chi connectivity index (χ0v) is 15.2. The second-order valence-electron chi connectivity index (χ2n) is 6.51. The van der Waals surface area contributed by atoms with Crippen molar-refractivity contribution in [3.63, 3.8) is 0 Å². The quantitative estimate of drug-likeness (QED) is 0.848. The van der Waals surface area contributed by atoms with Crippen molar-refractivity contribution in [2.24, 2.45) is 5.14 Å². The molecule has 2 aromatic rings. The largest absolute Gasteiger partial charge is 0.462 e. The van der Waals surface area contributed by atoms with Crippen LogP contribution in [0.15, 0.2) is 29.2 Å². The number of aryl methyl sites for hydroxylation is 1. The lowest BCUT2D eigenvalue weighted by Crippen LogP contribution is -2.22. The third kappa shape index (κ3) is 3.29. The van der Waals surface area contributed by atoms with Gasteiger partial charge in [0, 0.05) is 12.0 Å². The summed E-state index contributed by atoms with van der Waals surface area (Å²) < 4.78 is 29.1. The van der Waals surface area contributed by atoms with E-state index >= 15 is 0 Å². The van der Waals surface area contributed by atoms with Crippen molar-refractivity contribution in [1.82, 2.24) is 4.98 Å². The van der Waals surface area contributed by atoms with E-state index in [1.54, 1.807) is 18.2 Å². The van der Waals surface area contributed by atoms with E-state index in [1.165, 1.54) is 6.07 Å². The molecule has 7 heteroatoms. The number of carbonyl (C=O) groups excluding carboxylic acids is 1. The van der Waals surface area contributed by atoms with Crippen LogP contribution < -0.4 is 5.14 Å². The van der Waals surface area contributed by atoms with Crippen LogP contribution in [0.4, 0.5) is 0 Å². The average Bonchev–Trinajstić information content (AvgIpc) is 2.52. The second-order valence-corrected chi connectivity index (χ2v) is 8.04. The summed E-state index contributed by atoms with van der Waals surface area (Å²) in [4.78, 5) is 16.8. The number of benzene rings is 1. The second kappa shape index (κ2) is 6.24. The fraction of sp³-hybridized carbons (Fsp3) is 0.333. The van der Waals surface area contributed by atoms with Gasteiger partial charge in [0.2, 0.25) is 10.0 Å². The third-order valence-corrected chi connectivity index (χ3v) is 5.17. The molecular formula is C18H20N2O4S. The van der Waals surface area contributed by atoms with E-state index in [9.17, 15) is 13.2 Å². The molecule has 0 unspecified atom stereocenters. The topological polar surface area (TPSA) is 99.4 Å². The Morgan fingerprint density at radius 3 is 2.60 bits per heavy atom. The van der Waals surface area contributed by atoms with Crippen LogP contribution in [0.3, 0.4) is 0 Å². The molecule has 0 spiro atoms. The van der Waals surface area contributed by atoms with Gasteiger partial charge in [0.25, 0.3) is 0 Å². The first kappa shape index (κ1) is 17.6. The van der Waals surface area contributed by atoms with Gasteiger partial charge in [-0.2, -0.15) is 0 Å². The van der Waals surface area contributed by atoms with Gasteiger partial charge in [0.15, 0.2) is 0 Å². The third-order valence-electron chi connectivity index (χ3n) is 4.20. The Morgan fingerprint density at radius 1 is 1.24 bits per heavy atom. The van der Waals surface area contributed by atoms with Gasteiger partial charge >= 0.3 is 5.97 Å². The smallest absolute Gasteiger partial charge is 0.340 e. The minimum Gasteiger partial charge on any atom is -0.462 e. The predicted molar refractivity (Wildman–Crippen MR) is 93.9 cm³/mol. The van der Waals surface area contributed by atoms with Crippen molar-refractivity contribution in [3.05, 3.63) is 46.6 Å². The Morgan fingerprint density at radius 2 is 1.96 bits per heavy atom. The molecule has 0 bridgehead atoms. The maximum absolute atomic E-state index is 12.2. The molecule has 0 saturated carbocycles. The van der Waals surface area contributed by atoms with Gasteiger partial charge in [0.05, 0.1) is 28.5 Å². The summed E-state index contributed by atoms with van der Waals surface area (Å²) >= 11 is 0. The number of nitrogens with zero attached hydrogens (tertiary/aromatic N) is 1. The molecule has 0 radical (unpaired) electrons. The molecule has 0 fully saturated rings. The van der Waals surface area contributed by atoms with Crippen LogP contribution in [0.25, 0.3) is 11.3 Å². The van der Waals surface area contributed by atoms with E-state index in [0.29, 0.717) is 35.5 Å². The molecule has 132 valence electrons. The fourth-order valence-electron chi connectivity index (χ4n) is 3.03. The Balaban J connectivity index is 2.32. The number of hydrogen-bond acceptors (Lipinski definition) is 5. The van der Waals surface area contributed by atoms with Crippen molar-refractivity contribution >= 4 is 16.0 Å². The van der Waals surface area contributed by atoms with Gasteiger partial charge in [0.1, 0.15) is 0 Å². The van der Waals surface area contributed by atoms with Gasteiger partial charge in [-0.25, -0.2) is 18.4 Å². The molecule has 2 heterocycles. The zero-order chi connectivity index (χ0) is 18.4. The van der Waals surface area contributed by atoms with E-state index < -0.39 is 10.0 Å². The number of rotatable bonds is 3. The van der Waals surface area contributed by atoms with Crippen molar-refractivity contribution in [2.45, 2.75) is 38.0 Å². The van der Waals surface area contributed by atoms with Gasteiger partial charge in [-0.05, 0) is 36.6 Å². The van der Waals surface area contributed by atoms with Crippen LogP contribution in [0.2, 0.25) is 0 Å². The lowest BCUT2D eigenvalue weighted by molar-refractivity contribution is 0.0477. The number of ether oxygens (including phenoxy) is 1. The maximum Gasteiger partial charge on any atom is 0.340 e. The number of cyclic esters (lactones) is 1. The lowest BCUT2D eigenvalue weighted by atomic mass is 9.93. The first-order chi connectivity index (χ1) is 11.7. The molecular weight excluding hydrogens is 340 g/mol. The molecule has 1 aromatic carbocycles. The number of esters is 1. The maximum atomic E-state index is 12.2. The minimum absolute atomic E-state index is 0.0120. The number of aromatic nitrogens is 1. The van der Waals surface area contributed by atoms with Crippen LogP contribution in [-0.4, -0.2) is 26.0 Å². The number of fused-ring (bicyclic) bond motifs is 1. The Labute approximate surface area is 147 Å². The Kier molecular flexibility index (Phi) is 4.38. The highest BCUT2D eigenvalue weighted by atomic mass is 32.2. The molecule has 0 saturated heterocycles. The minimum atomic E-state index is -3.90. The fourth-order valence-corrected chi connectivity index (χ4v) is 3.75. The SMILES string of the molecule is Cc1ccc(S(N)(=O)=O)c(-c2cc3c(c(C(C)C)n2)C(=O)OCC3)c1. The van der Waals surface area contributed by atoms with E-state index in [0.717, 1.165) is 11.1 Å². The normalized spacial score (nSPS) is 14.4. The number of primary sulfonamides is 1. The zero-order valence-electron chi connectivity index (χ0n) is 14.4. The summed E-state index contributed by atoms with van der Waals surface area (Å²) in [5, 5.41) is 5.37. The first-order valence-electron chi connectivity index (χ1n) is 8.03. The molecule has 0 amide bonds. The molecule has 1 aliphatic rings. The van der Waals surface area contributed by atoms with Crippen molar-refractivity contribution in [1.29, 1.82) is 0 Å². The highest BCUT2D eigenvalue weighted by molar-refractivity contribution is 7.89. The molecule has 2 N–H and O–H groups in total. The predicted octanol–water partition coefficient (Wildman–Crippen LogP) is 2.54. The number of hydrogen-bond donors (Lipinski definition) is 1. The van der Waals surface area contributed by atoms with E-state index in [4.69, 9.17) is 9.88 Å². The molecule has 25 heavy (non-hydrogen) atoms. The first-order valence-corrected chi connectivity index (χ1v) is 9.58. The summed E-state index contributed by atoms with van der Waals surface area (Å²) in [5.41, 5.74) is 3.78. The number of nitrogens with two attached hydrogens (primary N) is 1. The van der Waals surface area contributed by atoms with Crippen LogP contribution >= 0.6 is 0 Å². The van der Waals surface area contributed by atoms with Crippen molar-refractivity contribution < 1.29 is 17.9 Å². The monoisotopic (exact) mass is 360 g/mol. The molecule has 1 aromatic heterocycles. The standard InChI is InChI=1S/C18H20N2O4S/c1-10(2)17-16-12(6-7-24-18(16)21)9-14(20-17)13-8-11(3)4-5-15(13)25(19,22)23/h4-5,8-10H,6-7H2,1-3H3,(H2,19,22,23). The highest BCUT2D eigenvalue weighted by Gasteiger charge is 2.27.